The molecule has 3 amide bonds. The summed E-state index contributed by atoms with van der Waals surface area (Å²) in [5.41, 5.74) is 7.08. The first-order chi connectivity index (χ1) is 20.7. The van der Waals surface area contributed by atoms with Crippen LogP contribution in [0.2, 0.25) is 0 Å². The lowest BCUT2D eigenvalue weighted by Gasteiger charge is -2.36. The molecule has 0 bridgehead atoms. The van der Waals surface area contributed by atoms with E-state index in [1.165, 1.54) is 11.8 Å². The van der Waals surface area contributed by atoms with E-state index in [0.717, 1.165) is 17.0 Å². The second kappa shape index (κ2) is 13.4. The number of halogens is 2. The Morgan fingerprint density at radius 3 is 2.30 bits per heavy atom. The number of benzene rings is 3. The third kappa shape index (κ3) is 6.90. The lowest BCUT2D eigenvalue weighted by atomic mass is 9.97. The van der Waals surface area contributed by atoms with Gasteiger partial charge in [0.25, 0.3) is 5.91 Å². The summed E-state index contributed by atoms with van der Waals surface area (Å²) in [4.78, 5) is 46.9. The van der Waals surface area contributed by atoms with Crippen molar-refractivity contribution in [1.82, 2.24) is 9.80 Å². The fourth-order valence-corrected chi connectivity index (χ4v) is 5.43. The Balaban J connectivity index is 1.60. The monoisotopic (exact) mass is 592 g/mol. The third-order valence-corrected chi connectivity index (χ3v) is 7.54. The van der Waals surface area contributed by atoms with Gasteiger partial charge in [0.05, 0.1) is 31.4 Å². The number of rotatable bonds is 8. The molecule has 3 aromatic carbocycles. The Bertz CT molecular complexity index is 1440. The van der Waals surface area contributed by atoms with Crippen molar-refractivity contribution < 1.29 is 32.6 Å². The Labute approximate surface area is 248 Å². The number of carbonyl (C=O) groups is 3. The van der Waals surface area contributed by atoms with Crippen molar-refractivity contribution >= 4 is 23.4 Å². The van der Waals surface area contributed by atoms with Crippen molar-refractivity contribution in [2.45, 2.75) is 31.5 Å². The highest BCUT2D eigenvalue weighted by Crippen LogP contribution is 2.39. The minimum atomic E-state index is -1.47. The molecule has 0 unspecified atom stereocenters. The van der Waals surface area contributed by atoms with Crippen molar-refractivity contribution in [1.29, 1.82) is 0 Å². The van der Waals surface area contributed by atoms with Crippen molar-refractivity contribution in [3.63, 3.8) is 0 Å². The van der Waals surface area contributed by atoms with Gasteiger partial charge in [0.2, 0.25) is 11.8 Å². The number of morpholine rings is 1. The van der Waals surface area contributed by atoms with Crippen LogP contribution in [0.25, 0.3) is 0 Å². The van der Waals surface area contributed by atoms with Crippen LogP contribution in [0.3, 0.4) is 0 Å². The van der Waals surface area contributed by atoms with Gasteiger partial charge in [-0.3, -0.25) is 24.2 Å². The van der Waals surface area contributed by atoms with Crippen LogP contribution < -0.4 is 15.4 Å². The highest BCUT2D eigenvalue weighted by atomic mass is 19.1. The van der Waals surface area contributed by atoms with E-state index in [-0.39, 0.29) is 12.1 Å². The first-order valence-electron chi connectivity index (χ1n) is 14.2. The summed E-state index contributed by atoms with van der Waals surface area (Å²) in [5, 5.41) is 0. The molecular formula is C32H34F2N4O5. The molecule has 9 nitrogen and oxygen atoms in total. The SMILES string of the molecule is C[C@H](N)C(=O)N(C(=O)Cc1cc(F)cc(F)c1)[C@@H]1C(=O)N(CCN2CCOCC2)c2ccccc2O[C@@H]1c1ccccc1. The van der Waals surface area contributed by atoms with E-state index >= 15 is 0 Å². The topological polar surface area (TPSA) is 105 Å². The van der Waals surface area contributed by atoms with Crippen LogP contribution in [-0.2, 0) is 25.5 Å². The Morgan fingerprint density at radius 1 is 0.977 bits per heavy atom. The van der Waals surface area contributed by atoms with E-state index < -0.39 is 54.0 Å². The van der Waals surface area contributed by atoms with Crippen molar-refractivity contribution in [2.24, 2.45) is 5.73 Å². The van der Waals surface area contributed by atoms with Gasteiger partial charge in [-0.15, -0.1) is 0 Å². The molecule has 5 rings (SSSR count). The number of imide groups is 1. The molecule has 1 saturated heterocycles. The summed E-state index contributed by atoms with van der Waals surface area (Å²) in [6.45, 7) is 4.75. The first kappa shape index (κ1) is 30.3. The number of anilines is 1. The molecule has 0 aromatic heterocycles. The van der Waals surface area contributed by atoms with Crippen LogP contribution in [0.15, 0.2) is 72.8 Å². The molecular weight excluding hydrogens is 558 g/mol. The highest BCUT2D eigenvalue weighted by Gasteiger charge is 2.47. The Hall–Kier alpha value is -4.19. The second-order valence-electron chi connectivity index (χ2n) is 10.7. The van der Waals surface area contributed by atoms with Crippen LogP contribution >= 0.6 is 0 Å². The molecule has 2 heterocycles. The minimum absolute atomic E-state index is 0.00989. The van der Waals surface area contributed by atoms with Gasteiger partial charge in [0.1, 0.15) is 17.4 Å². The van der Waals surface area contributed by atoms with E-state index in [1.54, 1.807) is 54.6 Å². The normalized spacial score (nSPS) is 19.6. The van der Waals surface area contributed by atoms with Gasteiger partial charge in [-0.2, -0.15) is 0 Å². The quantitative estimate of drug-likeness (QED) is 0.429. The molecule has 11 heteroatoms. The number of amides is 3. The fourth-order valence-electron chi connectivity index (χ4n) is 5.43. The van der Waals surface area contributed by atoms with E-state index in [9.17, 15) is 23.2 Å². The standard InChI is InChI=1S/C32H34F2N4O5/c1-21(35)31(40)38(28(39)19-22-17-24(33)20-25(34)18-22)29-30(23-7-3-2-4-8-23)43-27-10-6-5-9-26(27)37(32(29)41)12-11-36-13-15-42-16-14-36/h2-10,17-18,20-21,29-30H,11-16,19,35H2,1H3/t21-,29-,30+/m0/s1. The zero-order valence-corrected chi connectivity index (χ0v) is 23.8. The largest absolute Gasteiger partial charge is 0.481 e. The van der Waals surface area contributed by atoms with Gasteiger partial charge in [-0.05, 0) is 42.3 Å². The molecule has 226 valence electrons. The Morgan fingerprint density at radius 2 is 1.63 bits per heavy atom. The third-order valence-electron chi connectivity index (χ3n) is 7.54. The molecule has 0 saturated carbocycles. The zero-order valence-electron chi connectivity index (χ0n) is 23.8. The van der Waals surface area contributed by atoms with Crippen LogP contribution in [-0.4, -0.2) is 79.0 Å². The van der Waals surface area contributed by atoms with Crippen LogP contribution in [0.5, 0.6) is 5.75 Å². The summed E-state index contributed by atoms with van der Waals surface area (Å²) in [7, 11) is 0. The van der Waals surface area contributed by atoms with E-state index in [4.69, 9.17) is 15.2 Å². The number of fused-ring (bicyclic) bond motifs is 1. The summed E-state index contributed by atoms with van der Waals surface area (Å²) < 4.78 is 40.0. The van der Waals surface area contributed by atoms with Gasteiger partial charge < -0.3 is 20.1 Å². The van der Waals surface area contributed by atoms with Gasteiger partial charge in [0, 0.05) is 32.2 Å². The number of nitrogens with two attached hydrogens (primary N) is 1. The van der Waals surface area contributed by atoms with E-state index in [0.29, 0.717) is 55.9 Å². The smallest absolute Gasteiger partial charge is 0.254 e. The maximum atomic E-state index is 14.7. The molecule has 2 N–H and O–H groups in total. The van der Waals surface area contributed by atoms with Crippen molar-refractivity contribution in [3.8, 4) is 5.75 Å². The van der Waals surface area contributed by atoms with Gasteiger partial charge in [0.15, 0.2) is 12.1 Å². The Kier molecular flexibility index (Phi) is 9.44. The van der Waals surface area contributed by atoms with E-state index in [1.807, 2.05) is 0 Å². The minimum Gasteiger partial charge on any atom is -0.481 e. The number of carbonyl (C=O) groups excluding carboxylic acids is 3. The lowest BCUT2D eigenvalue weighted by molar-refractivity contribution is -0.155. The average molecular weight is 593 g/mol. The number of para-hydroxylation sites is 2. The highest BCUT2D eigenvalue weighted by molar-refractivity contribution is 6.07. The second-order valence-corrected chi connectivity index (χ2v) is 10.7. The molecule has 2 aliphatic heterocycles. The summed E-state index contributed by atoms with van der Waals surface area (Å²) in [6, 6.07) is 16.0. The predicted octanol–water partition coefficient (Wildman–Crippen LogP) is 3.08. The van der Waals surface area contributed by atoms with Gasteiger partial charge in [-0.25, -0.2) is 8.78 Å². The summed E-state index contributed by atoms with van der Waals surface area (Å²) >= 11 is 0. The molecule has 3 atom stereocenters. The van der Waals surface area contributed by atoms with E-state index in [2.05, 4.69) is 4.90 Å². The predicted molar refractivity (Wildman–Crippen MR) is 155 cm³/mol. The first-order valence-corrected chi connectivity index (χ1v) is 14.2. The van der Waals surface area contributed by atoms with Gasteiger partial charge >= 0.3 is 0 Å². The maximum Gasteiger partial charge on any atom is 0.254 e. The summed E-state index contributed by atoms with van der Waals surface area (Å²) in [5.74, 6) is -3.53. The zero-order chi connectivity index (χ0) is 30.5. The number of hydrogen-bond acceptors (Lipinski definition) is 7. The lowest BCUT2D eigenvalue weighted by Crippen LogP contribution is -2.59. The van der Waals surface area contributed by atoms with Crippen molar-refractivity contribution in [3.05, 3.63) is 95.6 Å². The average Bonchev–Trinajstić information content (AvgIpc) is 3.11. The summed E-state index contributed by atoms with van der Waals surface area (Å²) in [6.07, 6.45) is -1.64. The number of ether oxygens (including phenoxy) is 2. The van der Waals surface area contributed by atoms with Crippen LogP contribution in [0.4, 0.5) is 14.5 Å². The molecule has 0 spiro atoms. The maximum absolute atomic E-state index is 14.7. The fraction of sp³-hybridized carbons (Fsp3) is 0.344. The molecule has 1 fully saturated rings. The number of hydrogen-bond donors (Lipinski definition) is 1. The molecule has 0 aliphatic carbocycles. The van der Waals surface area contributed by atoms with Gasteiger partial charge in [-0.1, -0.05) is 42.5 Å². The molecule has 43 heavy (non-hydrogen) atoms. The van der Waals surface area contributed by atoms with Crippen molar-refractivity contribution in [2.75, 3.05) is 44.3 Å². The molecule has 2 aliphatic rings. The molecule has 3 aromatic rings. The van der Waals surface area contributed by atoms with Crippen LogP contribution in [0.1, 0.15) is 24.2 Å². The molecule has 0 radical (unpaired) electrons. The number of nitrogens with zero attached hydrogens (tertiary/aromatic N) is 3. The van der Waals surface area contributed by atoms with Crippen LogP contribution in [0, 0.1) is 11.6 Å².